The zero-order valence-corrected chi connectivity index (χ0v) is 11.5. The Labute approximate surface area is 111 Å². The maximum atomic E-state index is 10.3. The summed E-state index contributed by atoms with van der Waals surface area (Å²) in [6.07, 6.45) is 10.4. The molecule has 3 fully saturated rings. The molecule has 2 heterocycles. The quantitative estimate of drug-likeness (QED) is 0.800. The van der Waals surface area contributed by atoms with E-state index in [4.69, 9.17) is 0 Å². The molecule has 104 valence electrons. The number of nitrogens with zero attached hydrogens (tertiary/aromatic N) is 1. The van der Waals surface area contributed by atoms with Gasteiger partial charge in [-0.05, 0) is 38.1 Å². The monoisotopic (exact) mass is 252 g/mol. The van der Waals surface area contributed by atoms with Gasteiger partial charge in [0.25, 0.3) is 0 Å². The molecular formula is C15H28N2O. The first-order valence-electron chi connectivity index (χ1n) is 7.96. The number of β-amino-alcohol motifs (C(OH)–C–C–N with tert-alkyl or cyclic N) is 1. The summed E-state index contributed by atoms with van der Waals surface area (Å²) in [6, 6.07) is 1.45. The highest BCUT2D eigenvalue weighted by Gasteiger charge is 2.30. The first kappa shape index (κ1) is 12.9. The van der Waals surface area contributed by atoms with Gasteiger partial charge in [-0.2, -0.15) is 0 Å². The van der Waals surface area contributed by atoms with Crippen LogP contribution in [0.2, 0.25) is 0 Å². The average Bonchev–Trinajstić information content (AvgIpc) is 2.92. The molecule has 3 nitrogen and oxygen atoms in total. The van der Waals surface area contributed by atoms with E-state index in [1.54, 1.807) is 0 Å². The van der Waals surface area contributed by atoms with Crippen LogP contribution in [0.4, 0.5) is 0 Å². The fourth-order valence-corrected chi connectivity index (χ4v) is 4.18. The molecule has 3 heteroatoms. The van der Waals surface area contributed by atoms with E-state index in [1.807, 2.05) is 0 Å². The Hall–Kier alpha value is -0.120. The van der Waals surface area contributed by atoms with Crippen molar-refractivity contribution in [3.63, 3.8) is 0 Å². The molecule has 1 saturated carbocycles. The highest BCUT2D eigenvalue weighted by atomic mass is 16.3. The molecule has 3 unspecified atom stereocenters. The van der Waals surface area contributed by atoms with Gasteiger partial charge in [-0.3, -0.25) is 4.90 Å². The molecule has 3 rings (SSSR count). The van der Waals surface area contributed by atoms with Gasteiger partial charge in [0.05, 0.1) is 6.10 Å². The molecule has 0 spiro atoms. The van der Waals surface area contributed by atoms with Crippen molar-refractivity contribution in [3.05, 3.63) is 0 Å². The third-order valence-corrected chi connectivity index (χ3v) is 5.16. The molecule has 0 amide bonds. The molecule has 0 aromatic rings. The Bertz CT molecular complexity index is 265. The molecule has 3 aliphatic rings. The minimum absolute atomic E-state index is 0.0928. The number of fused-ring (bicyclic) bond motifs is 2. The Morgan fingerprint density at radius 3 is 2.67 bits per heavy atom. The second-order valence-corrected chi connectivity index (χ2v) is 6.73. The molecule has 3 atom stereocenters. The van der Waals surface area contributed by atoms with Crippen LogP contribution in [0.15, 0.2) is 0 Å². The van der Waals surface area contributed by atoms with Crippen LogP contribution in [-0.4, -0.2) is 47.8 Å². The molecule has 2 bridgehead atoms. The summed E-state index contributed by atoms with van der Waals surface area (Å²) in [5, 5.41) is 14.0. The molecule has 1 aliphatic carbocycles. The van der Waals surface area contributed by atoms with Crippen LogP contribution in [0.25, 0.3) is 0 Å². The fourth-order valence-electron chi connectivity index (χ4n) is 4.18. The van der Waals surface area contributed by atoms with Gasteiger partial charge < -0.3 is 10.4 Å². The Morgan fingerprint density at radius 1 is 1.06 bits per heavy atom. The van der Waals surface area contributed by atoms with Crippen molar-refractivity contribution < 1.29 is 5.11 Å². The Balaban J connectivity index is 1.43. The van der Waals surface area contributed by atoms with Crippen molar-refractivity contribution in [2.24, 2.45) is 5.92 Å². The summed E-state index contributed by atoms with van der Waals surface area (Å²) in [7, 11) is 0. The maximum Gasteiger partial charge on any atom is 0.0669 e. The fraction of sp³-hybridized carbons (Fsp3) is 1.00. The van der Waals surface area contributed by atoms with Crippen molar-refractivity contribution in [1.82, 2.24) is 10.2 Å². The van der Waals surface area contributed by atoms with Crippen molar-refractivity contribution in [2.45, 2.75) is 69.6 Å². The molecule has 18 heavy (non-hydrogen) atoms. The predicted molar refractivity (Wildman–Crippen MR) is 73.6 cm³/mol. The number of hydrogen-bond acceptors (Lipinski definition) is 3. The topological polar surface area (TPSA) is 35.5 Å². The van der Waals surface area contributed by atoms with Gasteiger partial charge in [-0.25, -0.2) is 0 Å². The molecular weight excluding hydrogens is 224 g/mol. The molecule has 0 aromatic carbocycles. The van der Waals surface area contributed by atoms with E-state index >= 15 is 0 Å². The van der Waals surface area contributed by atoms with E-state index in [-0.39, 0.29) is 6.10 Å². The summed E-state index contributed by atoms with van der Waals surface area (Å²) in [5.41, 5.74) is 0. The SMILES string of the molecule is OC(CC1CCCC1)CN1CCC2CCC(C1)N2. The number of hydrogen-bond donors (Lipinski definition) is 2. The Kier molecular flexibility index (Phi) is 4.22. The summed E-state index contributed by atoms with van der Waals surface area (Å²) in [4.78, 5) is 2.50. The molecule has 0 radical (unpaired) electrons. The van der Waals surface area contributed by atoms with Crippen LogP contribution in [-0.2, 0) is 0 Å². The van der Waals surface area contributed by atoms with Crippen molar-refractivity contribution in [3.8, 4) is 0 Å². The van der Waals surface area contributed by atoms with Gasteiger partial charge in [0.1, 0.15) is 0 Å². The minimum Gasteiger partial charge on any atom is -0.392 e. The van der Waals surface area contributed by atoms with Gasteiger partial charge in [0.15, 0.2) is 0 Å². The summed E-state index contributed by atoms with van der Waals surface area (Å²) >= 11 is 0. The third-order valence-electron chi connectivity index (χ3n) is 5.16. The number of likely N-dealkylation sites (tertiary alicyclic amines) is 1. The van der Waals surface area contributed by atoms with Crippen molar-refractivity contribution >= 4 is 0 Å². The minimum atomic E-state index is -0.0928. The van der Waals surface area contributed by atoms with E-state index in [1.165, 1.54) is 51.5 Å². The largest absolute Gasteiger partial charge is 0.392 e. The van der Waals surface area contributed by atoms with Crippen molar-refractivity contribution in [2.75, 3.05) is 19.6 Å². The van der Waals surface area contributed by atoms with Crippen LogP contribution in [0, 0.1) is 5.92 Å². The third kappa shape index (κ3) is 3.25. The molecule has 2 N–H and O–H groups in total. The lowest BCUT2D eigenvalue weighted by Crippen LogP contribution is -2.39. The second-order valence-electron chi connectivity index (χ2n) is 6.73. The van der Waals surface area contributed by atoms with Crippen molar-refractivity contribution in [1.29, 1.82) is 0 Å². The Morgan fingerprint density at radius 2 is 1.83 bits per heavy atom. The number of rotatable bonds is 4. The normalized spacial score (nSPS) is 35.8. The van der Waals surface area contributed by atoms with E-state index in [0.29, 0.717) is 6.04 Å². The van der Waals surface area contributed by atoms with Gasteiger partial charge in [0.2, 0.25) is 0 Å². The van der Waals surface area contributed by atoms with Crippen LogP contribution in [0.5, 0.6) is 0 Å². The number of aliphatic hydroxyl groups is 1. The first-order chi connectivity index (χ1) is 8.79. The van der Waals surface area contributed by atoms with Gasteiger partial charge in [-0.1, -0.05) is 25.7 Å². The van der Waals surface area contributed by atoms with E-state index in [0.717, 1.165) is 31.5 Å². The van der Waals surface area contributed by atoms with E-state index in [9.17, 15) is 5.11 Å². The lowest BCUT2D eigenvalue weighted by molar-refractivity contribution is 0.0889. The van der Waals surface area contributed by atoms with Gasteiger partial charge in [-0.15, -0.1) is 0 Å². The lowest BCUT2D eigenvalue weighted by atomic mass is 9.99. The summed E-state index contributed by atoms with van der Waals surface area (Å²) in [5.74, 6) is 0.807. The zero-order valence-electron chi connectivity index (χ0n) is 11.5. The van der Waals surface area contributed by atoms with E-state index < -0.39 is 0 Å². The standard InChI is InChI=1S/C15H28N2O/c18-15(9-12-3-1-2-4-12)11-17-8-7-13-5-6-14(10-17)16-13/h12-16,18H,1-11H2. The predicted octanol–water partition coefficient (Wildman–Crippen LogP) is 1.75. The zero-order chi connectivity index (χ0) is 12.4. The summed E-state index contributed by atoms with van der Waals surface area (Å²) < 4.78 is 0. The smallest absolute Gasteiger partial charge is 0.0669 e. The van der Waals surface area contributed by atoms with Gasteiger partial charge >= 0.3 is 0 Å². The van der Waals surface area contributed by atoms with Crippen LogP contribution in [0.1, 0.15) is 51.4 Å². The van der Waals surface area contributed by atoms with Gasteiger partial charge in [0, 0.05) is 25.2 Å². The second kappa shape index (κ2) is 5.89. The highest BCUT2D eigenvalue weighted by molar-refractivity contribution is 4.90. The average molecular weight is 252 g/mol. The maximum absolute atomic E-state index is 10.3. The number of aliphatic hydroxyl groups excluding tert-OH is 1. The highest BCUT2D eigenvalue weighted by Crippen LogP contribution is 2.29. The first-order valence-corrected chi connectivity index (χ1v) is 7.96. The van der Waals surface area contributed by atoms with Crippen LogP contribution < -0.4 is 5.32 Å². The molecule has 0 aromatic heterocycles. The number of nitrogens with one attached hydrogen (secondary N) is 1. The molecule has 2 saturated heterocycles. The van der Waals surface area contributed by atoms with E-state index in [2.05, 4.69) is 10.2 Å². The summed E-state index contributed by atoms with van der Waals surface area (Å²) in [6.45, 7) is 3.23. The molecule has 2 aliphatic heterocycles. The van der Waals surface area contributed by atoms with Crippen LogP contribution in [0.3, 0.4) is 0 Å². The van der Waals surface area contributed by atoms with Crippen LogP contribution >= 0.6 is 0 Å². The lowest BCUT2D eigenvalue weighted by Gasteiger charge is -2.27.